The highest BCUT2D eigenvalue weighted by Gasteiger charge is 2.40. The first-order valence-corrected chi connectivity index (χ1v) is 13.7. The first-order valence-electron chi connectivity index (χ1n) is 13.7. The highest BCUT2D eigenvalue weighted by molar-refractivity contribution is 5.96. The normalized spacial score (nSPS) is 17.5. The monoisotopic (exact) mass is 580 g/mol. The minimum atomic E-state index is -1.26. The van der Waals surface area contributed by atoms with Crippen LogP contribution in [-0.2, 0) is 19.2 Å². The first kappa shape index (κ1) is 35.7. The highest BCUT2D eigenvalue weighted by atomic mass is 19.1. The molecule has 0 aliphatic carbocycles. The van der Waals surface area contributed by atoms with E-state index in [9.17, 15) is 28.7 Å². The van der Waals surface area contributed by atoms with Gasteiger partial charge in [-0.3, -0.25) is 14.5 Å². The van der Waals surface area contributed by atoms with Crippen molar-refractivity contribution >= 4 is 29.4 Å². The number of anilines is 1. The summed E-state index contributed by atoms with van der Waals surface area (Å²) in [6, 6.07) is 5.30. The Morgan fingerprint density at radius 2 is 1.68 bits per heavy atom. The topological polar surface area (TPSA) is 173 Å². The molecule has 1 saturated heterocycles. The summed E-state index contributed by atoms with van der Waals surface area (Å²) >= 11 is 0. The van der Waals surface area contributed by atoms with Gasteiger partial charge in [-0.25, -0.2) is 14.0 Å². The molecule has 0 radical (unpaired) electrons. The molecule has 41 heavy (non-hydrogen) atoms. The van der Waals surface area contributed by atoms with Crippen LogP contribution in [0.4, 0.5) is 10.1 Å². The Kier molecular flexibility index (Phi) is 14.6. The van der Waals surface area contributed by atoms with Crippen LogP contribution in [0.25, 0.3) is 0 Å². The van der Waals surface area contributed by atoms with E-state index in [1.165, 1.54) is 12.1 Å². The standard InChI is InChI=1S/C25H41FN4O3.C4H4O4/c1-6-7-12-28-24(33)20(17(2)3)13-22(31)21(27)14-29-15-23(32)30(16-25(29,4)5)19-10-8-18(26)9-11-19;5-3(6)1-2-4(7)8/h8-11,17,20-22,31H,6-7,12-16,27H2,1-5H3,(H,28,33);1-2H,(H,5,6)(H,7,8)/t20-,21-,22-;/m0./s1. The number of halogens is 1. The first-order chi connectivity index (χ1) is 19.1. The lowest BCUT2D eigenvalue weighted by Crippen LogP contribution is -2.64. The molecule has 0 saturated carbocycles. The van der Waals surface area contributed by atoms with Gasteiger partial charge in [-0.1, -0.05) is 27.2 Å². The van der Waals surface area contributed by atoms with Crippen LogP contribution in [0.5, 0.6) is 0 Å². The summed E-state index contributed by atoms with van der Waals surface area (Å²) in [5.41, 5.74) is 6.62. The van der Waals surface area contributed by atoms with Crippen molar-refractivity contribution in [3.63, 3.8) is 0 Å². The van der Waals surface area contributed by atoms with Gasteiger partial charge in [0, 0.05) is 55.0 Å². The van der Waals surface area contributed by atoms with E-state index in [1.807, 2.05) is 32.6 Å². The lowest BCUT2D eigenvalue weighted by Gasteiger charge is -2.47. The number of aliphatic hydroxyl groups excluding tert-OH is 1. The van der Waals surface area contributed by atoms with Crippen LogP contribution in [0.2, 0.25) is 0 Å². The van der Waals surface area contributed by atoms with Gasteiger partial charge in [-0.05, 0) is 56.9 Å². The number of aliphatic carboxylic acids is 2. The van der Waals surface area contributed by atoms with Gasteiger partial charge >= 0.3 is 11.9 Å². The molecule has 2 rings (SSSR count). The minimum absolute atomic E-state index is 0.0480. The lowest BCUT2D eigenvalue weighted by molar-refractivity contribution is -0.134. The number of nitrogens with zero attached hydrogens (tertiary/aromatic N) is 2. The molecule has 0 aromatic heterocycles. The number of nitrogens with one attached hydrogen (secondary N) is 1. The van der Waals surface area contributed by atoms with E-state index in [4.69, 9.17) is 15.9 Å². The predicted octanol–water partition coefficient (Wildman–Crippen LogP) is 2.23. The third kappa shape index (κ3) is 12.4. The Hall–Kier alpha value is -3.35. The third-order valence-corrected chi connectivity index (χ3v) is 6.93. The van der Waals surface area contributed by atoms with Crippen molar-refractivity contribution < 1.29 is 38.9 Å². The molecule has 1 aliphatic heterocycles. The molecule has 0 unspecified atom stereocenters. The van der Waals surface area contributed by atoms with Crippen LogP contribution in [0.1, 0.15) is 53.9 Å². The molecule has 3 atom stereocenters. The van der Waals surface area contributed by atoms with Gasteiger partial charge in [0.05, 0.1) is 12.6 Å². The van der Waals surface area contributed by atoms with Gasteiger partial charge in [-0.15, -0.1) is 0 Å². The number of amides is 2. The molecule has 0 spiro atoms. The van der Waals surface area contributed by atoms with E-state index in [1.54, 1.807) is 17.0 Å². The molecule has 11 nitrogen and oxygen atoms in total. The van der Waals surface area contributed by atoms with Crippen LogP contribution < -0.4 is 16.0 Å². The van der Waals surface area contributed by atoms with Gasteiger partial charge < -0.3 is 31.3 Å². The SMILES string of the molecule is CCCCNC(=O)[C@@H](C[C@H](O)[C@@H](N)CN1CC(=O)N(c2ccc(F)cc2)CC1(C)C)C(C)C.O=C(O)C=CC(=O)O. The van der Waals surface area contributed by atoms with Crippen molar-refractivity contribution in [2.75, 3.05) is 31.1 Å². The maximum Gasteiger partial charge on any atom is 0.328 e. The Bertz CT molecular complexity index is 1030. The summed E-state index contributed by atoms with van der Waals surface area (Å²) < 4.78 is 13.3. The smallest absolute Gasteiger partial charge is 0.328 e. The molecule has 1 heterocycles. The molecular formula is C29H45FN4O7. The number of rotatable bonds is 13. The number of aliphatic hydroxyl groups is 1. The Balaban J connectivity index is 0.000000915. The van der Waals surface area contributed by atoms with Crippen molar-refractivity contribution in [1.29, 1.82) is 0 Å². The number of carboxylic acids is 2. The van der Waals surface area contributed by atoms with E-state index in [0.29, 0.717) is 37.5 Å². The van der Waals surface area contributed by atoms with E-state index in [0.717, 1.165) is 12.8 Å². The fourth-order valence-electron chi connectivity index (χ4n) is 4.36. The molecule has 0 bridgehead atoms. The van der Waals surface area contributed by atoms with E-state index < -0.39 is 29.6 Å². The average molecular weight is 581 g/mol. The Morgan fingerprint density at radius 1 is 1.12 bits per heavy atom. The molecule has 1 aliphatic rings. The molecule has 1 aromatic carbocycles. The van der Waals surface area contributed by atoms with Crippen LogP contribution in [0.15, 0.2) is 36.4 Å². The van der Waals surface area contributed by atoms with E-state index in [2.05, 4.69) is 12.2 Å². The number of carbonyl (C=O) groups excluding carboxylic acids is 2. The van der Waals surface area contributed by atoms with Crippen LogP contribution >= 0.6 is 0 Å². The van der Waals surface area contributed by atoms with Gasteiger partial charge in [-0.2, -0.15) is 0 Å². The van der Waals surface area contributed by atoms with Crippen LogP contribution in [0, 0.1) is 17.7 Å². The van der Waals surface area contributed by atoms with Crippen molar-refractivity contribution in [1.82, 2.24) is 10.2 Å². The number of benzene rings is 1. The maximum atomic E-state index is 13.3. The number of nitrogens with two attached hydrogens (primary N) is 1. The number of carbonyl (C=O) groups is 4. The van der Waals surface area contributed by atoms with Gasteiger partial charge in [0.25, 0.3) is 0 Å². The van der Waals surface area contributed by atoms with Crippen molar-refractivity contribution in [3.05, 3.63) is 42.2 Å². The fraction of sp³-hybridized carbons (Fsp3) is 0.586. The zero-order valence-corrected chi connectivity index (χ0v) is 24.5. The molecule has 1 fully saturated rings. The molecule has 230 valence electrons. The van der Waals surface area contributed by atoms with E-state index in [-0.39, 0.29) is 42.4 Å². The number of unbranched alkanes of at least 4 members (excludes halogenated alkanes) is 1. The second-order valence-electron chi connectivity index (χ2n) is 11.1. The summed E-state index contributed by atoms with van der Waals surface area (Å²) in [5.74, 6) is -3.26. The van der Waals surface area contributed by atoms with Crippen molar-refractivity contribution in [2.24, 2.45) is 17.6 Å². The van der Waals surface area contributed by atoms with Gasteiger partial charge in [0.15, 0.2) is 0 Å². The summed E-state index contributed by atoms with van der Waals surface area (Å²) in [7, 11) is 0. The summed E-state index contributed by atoms with van der Waals surface area (Å²) in [5, 5.41) is 29.4. The molecule has 12 heteroatoms. The van der Waals surface area contributed by atoms with E-state index >= 15 is 0 Å². The van der Waals surface area contributed by atoms with Gasteiger partial charge in [0.1, 0.15) is 5.82 Å². The van der Waals surface area contributed by atoms with Crippen LogP contribution in [0.3, 0.4) is 0 Å². The number of piperazine rings is 1. The third-order valence-electron chi connectivity index (χ3n) is 6.93. The molecule has 6 N–H and O–H groups in total. The Morgan fingerprint density at radius 3 is 2.17 bits per heavy atom. The number of carboxylic acid groups (broad SMARTS) is 2. The second-order valence-corrected chi connectivity index (χ2v) is 11.1. The fourth-order valence-corrected chi connectivity index (χ4v) is 4.36. The number of hydrogen-bond acceptors (Lipinski definition) is 7. The predicted molar refractivity (Wildman–Crippen MR) is 154 cm³/mol. The summed E-state index contributed by atoms with van der Waals surface area (Å²) in [6.45, 7) is 11.6. The maximum absolute atomic E-state index is 13.3. The summed E-state index contributed by atoms with van der Waals surface area (Å²) in [6.07, 6.45) is 2.45. The zero-order chi connectivity index (χ0) is 31.3. The zero-order valence-electron chi connectivity index (χ0n) is 24.5. The quantitative estimate of drug-likeness (QED) is 0.173. The average Bonchev–Trinajstić information content (AvgIpc) is 2.88. The summed E-state index contributed by atoms with van der Waals surface area (Å²) in [4.78, 5) is 48.2. The second kappa shape index (κ2) is 16.8. The Labute approximate surface area is 241 Å². The molecular weight excluding hydrogens is 535 g/mol. The number of hydrogen-bond donors (Lipinski definition) is 5. The highest BCUT2D eigenvalue weighted by Crippen LogP contribution is 2.27. The van der Waals surface area contributed by atoms with Crippen molar-refractivity contribution in [2.45, 2.75) is 71.6 Å². The molecule has 1 aromatic rings. The molecule has 2 amide bonds. The van der Waals surface area contributed by atoms with Gasteiger partial charge in [0.2, 0.25) is 11.8 Å². The largest absolute Gasteiger partial charge is 0.478 e. The van der Waals surface area contributed by atoms with Crippen molar-refractivity contribution in [3.8, 4) is 0 Å². The lowest BCUT2D eigenvalue weighted by atomic mass is 9.87. The minimum Gasteiger partial charge on any atom is -0.478 e. The van der Waals surface area contributed by atoms with Crippen LogP contribution in [-0.4, -0.2) is 87.8 Å².